The molecule has 4 fully saturated rings. The number of para-hydroxylation sites is 1. The fourth-order valence-corrected chi connectivity index (χ4v) is 6.24. The molecule has 4 aliphatic carbocycles. The Bertz CT molecular complexity index is 616. The van der Waals surface area contributed by atoms with Gasteiger partial charge in [-0.25, -0.2) is 0 Å². The first kappa shape index (κ1) is 16.0. The number of amides is 1. The summed E-state index contributed by atoms with van der Waals surface area (Å²) in [5.74, 6) is 3.43. The summed E-state index contributed by atoms with van der Waals surface area (Å²) in [6, 6.07) is 6.03. The molecule has 24 heavy (non-hydrogen) atoms. The molecule has 0 spiro atoms. The van der Waals surface area contributed by atoms with Gasteiger partial charge in [-0.05, 0) is 87.2 Å². The van der Waals surface area contributed by atoms with Crippen LogP contribution in [0, 0.1) is 30.1 Å². The average Bonchev–Trinajstić information content (AvgIpc) is 2.53. The van der Waals surface area contributed by atoms with Gasteiger partial charge in [0.05, 0.1) is 12.7 Å². The highest BCUT2D eigenvalue weighted by Crippen LogP contribution is 2.61. The lowest BCUT2D eigenvalue weighted by molar-refractivity contribution is -0.0688. The first-order valence-corrected chi connectivity index (χ1v) is 9.45. The maximum atomic E-state index is 12.9. The van der Waals surface area contributed by atoms with Crippen molar-refractivity contribution < 1.29 is 9.53 Å². The highest BCUT2D eigenvalue weighted by molar-refractivity contribution is 5.97. The van der Waals surface area contributed by atoms with Crippen molar-refractivity contribution >= 4 is 5.91 Å². The summed E-state index contributed by atoms with van der Waals surface area (Å²) in [5, 5.41) is 3.34. The zero-order valence-corrected chi connectivity index (χ0v) is 15.1. The minimum absolute atomic E-state index is 0.0128. The molecule has 0 aromatic heterocycles. The van der Waals surface area contributed by atoms with Crippen molar-refractivity contribution in [2.45, 2.75) is 58.4 Å². The second kappa shape index (κ2) is 5.79. The summed E-state index contributed by atoms with van der Waals surface area (Å²) in [4.78, 5) is 12.9. The Hall–Kier alpha value is -1.51. The van der Waals surface area contributed by atoms with Crippen LogP contribution >= 0.6 is 0 Å². The summed E-state index contributed by atoms with van der Waals surface area (Å²) in [6.07, 6.45) is 8.24. The van der Waals surface area contributed by atoms with Gasteiger partial charge in [-0.1, -0.05) is 12.1 Å². The lowest BCUT2D eigenvalue weighted by Crippen LogP contribution is -2.55. The number of carbonyl (C=O) groups excluding carboxylic acids is 1. The molecule has 1 aromatic carbocycles. The number of hydrogen-bond acceptors (Lipinski definition) is 2. The van der Waals surface area contributed by atoms with Crippen LogP contribution in [0.15, 0.2) is 18.2 Å². The molecule has 1 aromatic rings. The van der Waals surface area contributed by atoms with Crippen LogP contribution in [0.4, 0.5) is 0 Å². The van der Waals surface area contributed by atoms with E-state index in [1.807, 2.05) is 25.1 Å². The van der Waals surface area contributed by atoms with Crippen molar-refractivity contribution in [2.75, 3.05) is 7.11 Å². The summed E-state index contributed by atoms with van der Waals surface area (Å²) in [6.45, 7) is 4.21. The van der Waals surface area contributed by atoms with Crippen molar-refractivity contribution in [3.05, 3.63) is 29.3 Å². The molecule has 5 rings (SSSR count). The van der Waals surface area contributed by atoms with Crippen LogP contribution in [-0.2, 0) is 0 Å². The van der Waals surface area contributed by atoms with Crippen LogP contribution in [0.5, 0.6) is 5.75 Å². The molecule has 1 atom stereocenters. The predicted molar refractivity (Wildman–Crippen MR) is 95.3 cm³/mol. The van der Waals surface area contributed by atoms with Crippen LogP contribution in [0.1, 0.15) is 61.4 Å². The Kier molecular flexibility index (Phi) is 3.85. The molecule has 4 saturated carbocycles. The number of hydrogen-bond donors (Lipinski definition) is 1. The van der Waals surface area contributed by atoms with Gasteiger partial charge >= 0.3 is 0 Å². The minimum Gasteiger partial charge on any atom is -0.496 e. The van der Waals surface area contributed by atoms with Crippen LogP contribution < -0.4 is 10.1 Å². The Labute approximate surface area is 145 Å². The number of nitrogens with one attached hydrogen (secondary N) is 1. The molecule has 1 N–H and O–H groups in total. The topological polar surface area (TPSA) is 38.3 Å². The molecule has 0 radical (unpaired) electrons. The van der Waals surface area contributed by atoms with Gasteiger partial charge in [-0.3, -0.25) is 4.79 Å². The summed E-state index contributed by atoms with van der Waals surface area (Å²) < 4.78 is 5.47. The molecule has 0 saturated heterocycles. The number of carbonyl (C=O) groups is 1. The Morgan fingerprint density at radius 3 is 2.29 bits per heavy atom. The highest BCUT2D eigenvalue weighted by atomic mass is 16.5. The van der Waals surface area contributed by atoms with E-state index in [1.165, 1.54) is 38.5 Å². The molecular weight excluding hydrogens is 298 g/mol. The summed E-state index contributed by atoms with van der Waals surface area (Å²) in [7, 11) is 1.64. The maximum Gasteiger partial charge on any atom is 0.255 e. The van der Waals surface area contributed by atoms with Crippen molar-refractivity contribution in [3.8, 4) is 5.75 Å². The van der Waals surface area contributed by atoms with Gasteiger partial charge in [0.25, 0.3) is 5.91 Å². The van der Waals surface area contributed by atoms with Gasteiger partial charge in [-0.2, -0.15) is 0 Å². The van der Waals surface area contributed by atoms with Gasteiger partial charge < -0.3 is 10.1 Å². The largest absolute Gasteiger partial charge is 0.496 e. The maximum absolute atomic E-state index is 12.9. The summed E-state index contributed by atoms with van der Waals surface area (Å²) >= 11 is 0. The highest BCUT2D eigenvalue weighted by Gasteiger charge is 2.53. The van der Waals surface area contributed by atoms with Crippen LogP contribution in [0.25, 0.3) is 0 Å². The third kappa shape index (κ3) is 2.53. The molecule has 0 unspecified atom stereocenters. The molecule has 130 valence electrons. The zero-order chi connectivity index (χ0) is 16.9. The Morgan fingerprint density at radius 2 is 1.75 bits per heavy atom. The van der Waals surface area contributed by atoms with E-state index in [2.05, 4.69) is 12.2 Å². The number of ether oxygens (including phenoxy) is 1. The van der Waals surface area contributed by atoms with Gasteiger partial charge in [0.2, 0.25) is 0 Å². The van der Waals surface area contributed by atoms with E-state index in [4.69, 9.17) is 4.74 Å². The summed E-state index contributed by atoms with van der Waals surface area (Å²) in [5.41, 5.74) is 2.00. The van der Waals surface area contributed by atoms with Crippen molar-refractivity contribution in [1.29, 1.82) is 0 Å². The van der Waals surface area contributed by atoms with E-state index in [9.17, 15) is 4.79 Å². The number of methoxy groups -OCH3 is 1. The first-order valence-electron chi connectivity index (χ1n) is 9.45. The van der Waals surface area contributed by atoms with Crippen molar-refractivity contribution in [1.82, 2.24) is 5.32 Å². The monoisotopic (exact) mass is 327 g/mol. The van der Waals surface area contributed by atoms with E-state index < -0.39 is 0 Å². The molecule has 3 heteroatoms. The zero-order valence-electron chi connectivity index (χ0n) is 15.1. The SMILES string of the molecule is COc1c(C)cccc1C(=O)N[C@@H](C)C12CC3CC(CC(C3)C1)C2. The third-order valence-electron chi connectivity index (χ3n) is 7.01. The van der Waals surface area contributed by atoms with Crippen molar-refractivity contribution in [2.24, 2.45) is 23.2 Å². The average molecular weight is 327 g/mol. The number of rotatable bonds is 4. The van der Waals surface area contributed by atoms with Gasteiger partial charge in [-0.15, -0.1) is 0 Å². The molecule has 3 nitrogen and oxygen atoms in total. The molecular formula is C21H29NO2. The first-order chi connectivity index (χ1) is 11.5. The van der Waals surface area contributed by atoms with E-state index in [0.717, 1.165) is 23.3 Å². The van der Waals surface area contributed by atoms with E-state index in [0.29, 0.717) is 16.7 Å². The van der Waals surface area contributed by atoms with Crippen LogP contribution in [-0.4, -0.2) is 19.1 Å². The van der Waals surface area contributed by atoms with Crippen molar-refractivity contribution in [3.63, 3.8) is 0 Å². The van der Waals surface area contributed by atoms with Gasteiger partial charge in [0.1, 0.15) is 5.75 Å². The minimum atomic E-state index is 0.0128. The number of benzene rings is 1. The fraction of sp³-hybridized carbons (Fsp3) is 0.667. The molecule has 4 aliphatic rings. The Morgan fingerprint density at radius 1 is 1.17 bits per heavy atom. The molecule has 4 bridgehead atoms. The quantitative estimate of drug-likeness (QED) is 0.893. The standard InChI is InChI=1S/C21H29NO2/c1-13-5-4-6-18(19(13)24-3)20(23)22-14(2)21-10-15-7-16(11-21)9-17(8-15)12-21/h4-6,14-17H,7-12H2,1-3H3,(H,22,23)/t14-,15?,16?,17?,21?/m0/s1. The predicted octanol–water partition coefficient (Wildman–Crippen LogP) is 4.34. The van der Waals surface area contributed by atoms with Gasteiger partial charge in [0.15, 0.2) is 0 Å². The molecule has 1 amide bonds. The third-order valence-corrected chi connectivity index (χ3v) is 7.01. The fourth-order valence-electron chi connectivity index (χ4n) is 6.24. The lowest BCUT2D eigenvalue weighted by Gasteiger charge is -2.59. The number of aryl methyl sites for hydroxylation is 1. The van der Waals surface area contributed by atoms with E-state index in [1.54, 1.807) is 7.11 Å². The molecule has 0 heterocycles. The van der Waals surface area contributed by atoms with Crippen LogP contribution in [0.3, 0.4) is 0 Å². The molecule has 0 aliphatic heterocycles. The van der Waals surface area contributed by atoms with E-state index >= 15 is 0 Å². The Balaban J connectivity index is 1.53. The smallest absolute Gasteiger partial charge is 0.255 e. The second-order valence-corrected chi connectivity index (χ2v) is 8.63. The second-order valence-electron chi connectivity index (χ2n) is 8.63. The van der Waals surface area contributed by atoms with E-state index in [-0.39, 0.29) is 11.9 Å². The normalized spacial score (nSPS) is 34.9. The van der Waals surface area contributed by atoms with Gasteiger partial charge in [0, 0.05) is 6.04 Å². The van der Waals surface area contributed by atoms with Crippen LogP contribution in [0.2, 0.25) is 0 Å². The lowest BCUT2D eigenvalue weighted by atomic mass is 9.48.